The molecule has 2 aliphatic heterocycles. The van der Waals surface area contributed by atoms with Gasteiger partial charge in [-0.25, -0.2) is 4.98 Å². The molecule has 0 saturated carbocycles. The van der Waals surface area contributed by atoms with Gasteiger partial charge in [-0.15, -0.1) is 0 Å². The minimum Gasteiger partial charge on any atom is -0.508 e. The number of amides is 9. The maximum Gasteiger partial charge on any atom is 0.253 e. The second-order valence-electron chi connectivity index (χ2n) is 24.3. The molecule has 95 heavy (non-hydrogen) atoms. The van der Waals surface area contributed by atoms with Gasteiger partial charge in [-0.3, -0.25) is 57.7 Å². The van der Waals surface area contributed by atoms with Gasteiger partial charge in [0.25, 0.3) is 5.91 Å². The summed E-state index contributed by atoms with van der Waals surface area (Å²) in [4.78, 5) is 175. The van der Waals surface area contributed by atoms with E-state index in [1.807, 2.05) is 0 Å². The fraction of sp³-hybridized carbons (Fsp3) is 0.422. The van der Waals surface area contributed by atoms with Crippen LogP contribution in [0.5, 0.6) is 5.75 Å². The van der Waals surface area contributed by atoms with Gasteiger partial charge in [-0.05, 0) is 85.4 Å². The average Bonchev–Trinajstić information content (AvgIpc) is 1.74. The maximum atomic E-state index is 15.1. The molecule has 5 heterocycles. The summed E-state index contributed by atoms with van der Waals surface area (Å²) in [5.41, 5.74) is 29.6. The Morgan fingerprint density at radius 2 is 1.23 bits per heavy atom. The third-order valence-corrected chi connectivity index (χ3v) is 16.8. The molecule has 31 nitrogen and oxygen atoms in total. The molecule has 10 atom stereocenters. The first kappa shape index (κ1) is 70.3. The van der Waals surface area contributed by atoms with Crippen LogP contribution in [0.2, 0.25) is 0 Å². The van der Waals surface area contributed by atoms with Crippen molar-refractivity contribution in [1.29, 1.82) is 0 Å². The summed E-state index contributed by atoms with van der Waals surface area (Å²) in [6, 6.07) is 6.52. The SMILES string of the molecule is CC(C)C[C@H](NC(=O)[C@@H](Cc1c[nH]c2ccccc12)NC(=O)[C@@H](Cc1ccc(O)cc1)NC(=O)[C@@H](CO)NC(=O)[C@@H](Cc1c[nH]c2ccccc12)NC(=O)[C@@H](Cc1cnc[nH]1)NC(=O)[C@H]1CCC(=O)N1)C(=O)C(N)(C(N)=O)C(=O)[C@@H]1CCCN1C(=O)[C@@H](N)CCCN=C(N)N. The van der Waals surface area contributed by atoms with Gasteiger partial charge in [0.05, 0.1) is 31.1 Å². The number of rotatable bonds is 33. The first-order valence-corrected chi connectivity index (χ1v) is 31.2. The number of carbonyl (C=O) groups excluding carboxylic acids is 11. The summed E-state index contributed by atoms with van der Waals surface area (Å²) < 4.78 is 0. The molecule has 9 amide bonds. The monoisotopic (exact) mass is 1310 g/mol. The second kappa shape index (κ2) is 31.9. The molecule has 3 aromatic carbocycles. The van der Waals surface area contributed by atoms with Crippen LogP contribution in [0.25, 0.3) is 21.8 Å². The number of nitrogens with one attached hydrogen (secondary N) is 10. The highest BCUT2D eigenvalue weighted by molar-refractivity contribution is 6.31. The molecule has 0 bridgehead atoms. The Labute approximate surface area is 545 Å². The van der Waals surface area contributed by atoms with Crippen molar-refractivity contribution in [2.75, 3.05) is 19.7 Å². The molecule has 22 N–H and O–H groups in total. The Kier molecular flexibility index (Phi) is 23.6. The van der Waals surface area contributed by atoms with E-state index in [1.165, 1.54) is 36.8 Å². The number of aromatic hydroxyl groups is 1. The van der Waals surface area contributed by atoms with Gasteiger partial charge in [0, 0.05) is 91.3 Å². The van der Waals surface area contributed by atoms with Crippen molar-refractivity contribution < 1.29 is 63.0 Å². The Morgan fingerprint density at radius 1 is 0.695 bits per heavy atom. The number of aromatic amines is 3. The smallest absolute Gasteiger partial charge is 0.253 e. The Morgan fingerprint density at radius 3 is 1.75 bits per heavy atom. The number of hydrogen-bond acceptors (Lipinski definition) is 17. The lowest BCUT2D eigenvalue weighted by Gasteiger charge is -2.34. The van der Waals surface area contributed by atoms with E-state index in [9.17, 15) is 48.6 Å². The fourth-order valence-electron chi connectivity index (χ4n) is 11.8. The largest absolute Gasteiger partial charge is 0.508 e. The zero-order valence-corrected chi connectivity index (χ0v) is 52.5. The minimum atomic E-state index is -3.12. The second-order valence-corrected chi connectivity index (χ2v) is 24.3. The standard InChI is InChI=1S/C64H82N18O13/c1-33(2)23-45(53(86)64(69,62(66)95)54(87)51-14-8-22-82(51)61(94)41(65)11-7-21-71-63(67)68)76-57(90)47(25-35-28-72-42-12-5-3-9-39(35)42)78-56(89)46(24-34-15-17-38(84)18-16-34)77-60(93)50(31-83)81-58(91)48(26-36-29-73-43-13-6-4-10-40(36)43)79-59(92)49(27-37-30-70-32-74-37)80-55(88)44-19-20-52(85)75-44/h3-6,9-10,12-13,15-18,28-30,32-33,41,44-51,72-73,83-84H,7-8,11,14,19-27,31,65,69H2,1-2H3,(H2,66,95)(H,70,74)(H,75,85)(H,76,90)(H,77,93)(H,78,89)(H,79,92)(H,80,88)(H,81,91)(H4,67,68,71)/t41-,44+,45-,46+,47+,48+,49+,50+,51-,64?/m0/s1. The summed E-state index contributed by atoms with van der Waals surface area (Å²) in [6.45, 7) is 2.51. The quantitative estimate of drug-likeness (QED) is 0.00861. The lowest BCUT2D eigenvalue weighted by molar-refractivity contribution is -0.149. The molecule has 506 valence electrons. The molecule has 0 radical (unpaired) electrons. The molecular formula is C64H82N18O13. The number of nitrogens with zero attached hydrogens (tertiary/aromatic N) is 3. The van der Waals surface area contributed by atoms with E-state index in [0.717, 1.165) is 4.90 Å². The van der Waals surface area contributed by atoms with Crippen molar-refractivity contribution in [3.05, 3.63) is 120 Å². The number of aliphatic hydroxyl groups is 1. The van der Waals surface area contributed by atoms with Gasteiger partial charge >= 0.3 is 0 Å². The van der Waals surface area contributed by atoms with Crippen LogP contribution in [-0.2, 0) is 78.4 Å². The number of aliphatic hydroxyl groups excluding tert-OH is 1. The average molecular weight is 1310 g/mol. The minimum absolute atomic E-state index is 0.0104. The predicted molar refractivity (Wildman–Crippen MR) is 346 cm³/mol. The number of H-pyrrole nitrogens is 3. The number of nitrogens with two attached hydrogens (primary N) is 5. The van der Waals surface area contributed by atoms with Gasteiger partial charge < -0.3 is 96.0 Å². The van der Waals surface area contributed by atoms with Crippen molar-refractivity contribution >= 4 is 92.5 Å². The number of likely N-dealkylation sites (tertiary alicyclic amines) is 1. The van der Waals surface area contributed by atoms with Gasteiger partial charge in [0.1, 0.15) is 42.0 Å². The van der Waals surface area contributed by atoms with E-state index in [4.69, 9.17) is 28.7 Å². The molecule has 3 aromatic heterocycles. The van der Waals surface area contributed by atoms with E-state index >= 15 is 14.4 Å². The number of hydrogen-bond donors (Lipinski definition) is 17. The normalized spacial score (nSPS) is 17.4. The maximum absolute atomic E-state index is 15.1. The summed E-state index contributed by atoms with van der Waals surface area (Å²) in [5, 5.41) is 40.8. The van der Waals surface area contributed by atoms with E-state index in [1.54, 1.807) is 74.8 Å². The molecule has 1 unspecified atom stereocenters. The first-order chi connectivity index (χ1) is 45.3. The topological polar surface area (TPSA) is 518 Å². The van der Waals surface area contributed by atoms with Crippen LogP contribution in [-0.4, -0.2) is 185 Å². The fourth-order valence-corrected chi connectivity index (χ4v) is 11.8. The van der Waals surface area contributed by atoms with Crippen molar-refractivity contribution in [2.24, 2.45) is 39.6 Å². The van der Waals surface area contributed by atoms with Crippen molar-refractivity contribution in [2.45, 2.75) is 144 Å². The van der Waals surface area contributed by atoms with Crippen molar-refractivity contribution in [3.63, 3.8) is 0 Å². The van der Waals surface area contributed by atoms with Crippen LogP contribution in [0.4, 0.5) is 0 Å². The number of phenols is 1. The summed E-state index contributed by atoms with van der Waals surface area (Å²) >= 11 is 0. The molecule has 6 aromatic rings. The van der Waals surface area contributed by atoms with E-state index in [2.05, 4.69) is 62.1 Å². The number of phenolic OH excluding ortho intramolecular Hbond substituents is 1. The number of guanidine groups is 1. The molecule has 0 aliphatic carbocycles. The predicted octanol–water partition coefficient (Wildman–Crippen LogP) is -2.73. The number of Topliss-reactive ketones (excluding diaryl/α,β-unsaturated/α-hetero) is 2. The van der Waals surface area contributed by atoms with Crippen molar-refractivity contribution in [1.82, 2.24) is 62.1 Å². The molecule has 0 spiro atoms. The number of ketones is 2. The summed E-state index contributed by atoms with van der Waals surface area (Å²) in [6.07, 6.45) is 5.78. The zero-order chi connectivity index (χ0) is 68.7. The number of fused-ring (bicyclic) bond motifs is 2. The Balaban J connectivity index is 1.06. The van der Waals surface area contributed by atoms with Crippen LogP contribution >= 0.6 is 0 Å². The number of aromatic nitrogens is 4. The molecule has 2 saturated heterocycles. The molecule has 2 fully saturated rings. The third-order valence-electron chi connectivity index (χ3n) is 16.8. The van der Waals surface area contributed by atoms with Crippen LogP contribution < -0.4 is 65.9 Å². The zero-order valence-electron chi connectivity index (χ0n) is 52.5. The third kappa shape index (κ3) is 17.8. The number of aliphatic imine (C=N–C) groups is 1. The lowest BCUT2D eigenvalue weighted by Crippen LogP contribution is -2.71. The highest BCUT2D eigenvalue weighted by Crippen LogP contribution is 2.27. The van der Waals surface area contributed by atoms with Gasteiger partial charge in [0.2, 0.25) is 52.8 Å². The van der Waals surface area contributed by atoms with Crippen LogP contribution in [0.15, 0.2) is 103 Å². The van der Waals surface area contributed by atoms with E-state index < -0.39 is 131 Å². The lowest BCUT2D eigenvalue weighted by atomic mass is 9.79. The summed E-state index contributed by atoms with van der Waals surface area (Å²) in [7, 11) is 0. The van der Waals surface area contributed by atoms with Crippen LogP contribution in [0.1, 0.15) is 81.2 Å². The number of carbonyl (C=O) groups is 11. The van der Waals surface area contributed by atoms with Crippen LogP contribution in [0, 0.1) is 5.92 Å². The highest BCUT2D eigenvalue weighted by Gasteiger charge is 2.55. The van der Waals surface area contributed by atoms with E-state index in [-0.39, 0.29) is 94.9 Å². The Hall–Kier alpha value is -10.5. The number of imidazole rings is 1. The van der Waals surface area contributed by atoms with Crippen molar-refractivity contribution in [3.8, 4) is 5.75 Å². The van der Waals surface area contributed by atoms with E-state index in [0.29, 0.717) is 50.6 Å². The van der Waals surface area contributed by atoms with Gasteiger partial charge in [0.15, 0.2) is 17.5 Å². The molecule has 31 heteroatoms. The number of primary amides is 1. The molecule has 2 aliphatic rings. The Bertz CT molecular complexity index is 3810. The summed E-state index contributed by atoms with van der Waals surface area (Å²) in [5.74, 6) is -11.5. The highest BCUT2D eigenvalue weighted by atomic mass is 16.3. The van der Waals surface area contributed by atoms with Gasteiger partial charge in [-0.2, -0.15) is 0 Å². The number of para-hydroxylation sites is 2. The molecule has 8 rings (SSSR count). The molecular weight excluding hydrogens is 1230 g/mol. The first-order valence-electron chi connectivity index (χ1n) is 31.2. The van der Waals surface area contributed by atoms with Gasteiger partial charge in [-0.1, -0.05) is 62.4 Å². The number of benzene rings is 3. The van der Waals surface area contributed by atoms with Crippen LogP contribution in [0.3, 0.4) is 0 Å².